The first kappa shape index (κ1) is 19.3. The minimum absolute atomic E-state index is 0. The van der Waals surface area contributed by atoms with E-state index in [4.69, 9.17) is 9.47 Å². The average Bonchev–Trinajstić information content (AvgIpc) is 3.30. The van der Waals surface area contributed by atoms with Gasteiger partial charge in [-0.3, -0.25) is 4.99 Å². The highest BCUT2D eigenvalue weighted by Crippen LogP contribution is 2.32. The Bertz CT molecular complexity index is 908. The zero-order valence-corrected chi connectivity index (χ0v) is 17.3. The Labute approximate surface area is 174 Å². The Kier molecular flexibility index (Phi) is 6.38. The predicted molar refractivity (Wildman–Crippen MR) is 116 cm³/mol. The highest BCUT2D eigenvalue weighted by molar-refractivity contribution is 14.0. The van der Waals surface area contributed by atoms with Crippen LogP contribution in [-0.4, -0.2) is 36.3 Å². The SMILES string of the molecule is CN=C(NCCc1nc2ccccc2[nH]1)NCc1ccc2c(c1)OCO2.I. The van der Waals surface area contributed by atoms with Crippen molar-refractivity contribution in [3.63, 3.8) is 0 Å². The number of rotatable bonds is 5. The van der Waals surface area contributed by atoms with Crippen LogP contribution in [0.4, 0.5) is 0 Å². The van der Waals surface area contributed by atoms with Gasteiger partial charge in [0.05, 0.1) is 11.0 Å². The van der Waals surface area contributed by atoms with E-state index in [9.17, 15) is 0 Å². The van der Waals surface area contributed by atoms with E-state index in [1.807, 2.05) is 42.5 Å². The molecule has 0 atom stereocenters. The predicted octanol–water partition coefficient (Wildman–Crippen LogP) is 2.82. The fraction of sp³-hybridized carbons (Fsp3) is 0.263. The highest BCUT2D eigenvalue weighted by Gasteiger charge is 2.13. The molecular weight excluding hydrogens is 457 g/mol. The number of nitrogens with zero attached hydrogens (tertiary/aromatic N) is 2. The Morgan fingerprint density at radius 3 is 2.85 bits per heavy atom. The standard InChI is InChI=1S/C19H21N5O2.HI/c1-20-19(22-11-13-6-7-16-17(10-13)26-12-25-16)21-9-8-18-23-14-4-2-3-5-15(14)24-18;/h2-7,10H,8-9,11-12H2,1H3,(H,23,24)(H2,20,21,22);1H. The molecule has 3 aromatic rings. The van der Waals surface area contributed by atoms with Crippen LogP contribution < -0.4 is 20.1 Å². The summed E-state index contributed by atoms with van der Waals surface area (Å²) in [7, 11) is 1.76. The van der Waals surface area contributed by atoms with E-state index in [1.165, 1.54) is 0 Å². The van der Waals surface area contributed by atoms with Crippen molar-refractivity contribution in [3.05, 3.63) is 53.9 Å². The number of H-pyrrole nitrogens is 1. The van der Waals surface area contributed by atoms with Crippen LogP contribution >= 0.6 is 24.0 Å². The van der Waals surface area contributed by atoms with Gasteiger partial charge in [0.15, 0.2) is 17.5 Å². The second-order valence-corrected chi connectivity index (χ2v) is 5.99. The van der Waals surface area contributed by atoms with Gasteiger partial charge in [-0.2, -0.15) is 0 Å². The second kappa shape index (κ2) is 8.94. The molecule has 142 valence electrons. The molecule has 0 unspecified atom stereocenters. The lowest BCUT2D eigenvalue weighted by atomic mass is 10.2. The number of fused-ring (bicyclic) bond motifs is 2. The summed E-state index contributed by atoms with van der Waals surface area (Å²) >= 11 is 0. The van der Waals surface area contributed by atoms with Crippen LogP contribution in [0.5, 0.6) is 11.5 Å². The molecule has 4 rings (SSSR count). The summed E-state index contributed by atoms with van der Waals surface area (Å²) in [5, 5.41) is 6.61. The summed E-state index contributed by atoms with van der Waals surface area (Å²) < 4.78 is 10.7. The van der Waals surface area contributed by atoms with Crippen LogP contribution in [0.2, 0.25) is 0 Å². The van der Waals surface area contributed by atoms with Crippen molar-refractivity contribution in [1.82, 2.24) is 20.6 Å². The van der Waals surface area contributed by atoms with Gasteiger partial charge in [0.1, 0.15) is 5.82 Å². The third-order valence-corrected chi connectivity index (χ3v) is 4.21. The molecule has 0 bridgehead atoms. The van der Waals surface area contributed by atoms with Gasteiger partial charge < -0.3 is 25.1 Å². The maximum atomic E-state index is 5.40. The Balaban J connectivity index is 0.00000210. The van der Waals surface area contributed by atoms with Gasteiger partial charge in [0, 0.05) is 26.6 Å². The molecule has 3 N–H and O–H groups in total. The molecule has 1 aliphatic rings. The molecule has 0 radical (unpaired) electrons. The van der Waals surface area contributed by atoms with Crippen LogP contribution in [0.25, 0.3) is 11.0 Å². The zero-order chi connectivity index (χ0) is 17.8. The van der Waals surface area contributed by atoms with Crippen LogP contribution in [0.1, 0.15) is 11.4 Å². The van der Waals surface area contributed by atoms with Crippen LogP contribution in [0.15, 0.2) is 47.5 Å². The second-order valence-electron chi connectivity index (χ2n) is 5.99. The summed E-state index contributed by atoms with van der Waals surface area (Å²) in [6, 6.07) is 14.0. The Morgan fingerprint density at radius 2 is 2.00 bits per heavy atom. The average molecular weight is 479 g/mol. The monoisotopic (exact) mass is 479 g/mol. The molecule has 1 aromatic heterocycles. The third kappa shape index (κ3) is 4.62. The quantitative estimate of drug-likeness (QED) is 0.298. The number of para-hydroxylation sites is 2. The lowest BCUT2D eigenvalue weighted by Crippen LogP contribution is -2.37. The number of hydrogen-bond acceptors (Lipinski definition) is 4. The summed E-state index contributed by atoms with van der Waals surface area (Å²) in [6.45, 7) is 1.68. The maximum Gasteiger partial charge on any atom is 0.231 e. The molecule has 0 spiro atoms. The highest BCUT2D eigenvalue weighted by atomic mass is 127. The topological polar surface area (TPSA) is 83.6 Å². The number of hydrogen-bond donors (Lipinski definition) is 3. The van der Waals surface area contributed by atoms with Crippen LogP contribution in [-0.2, 0) is 13.0 Å². The van der Waals surface area contributed by atoms with Gasteiger partial charge in [-0.1, -0.05) is 18.2 Å². The first-order valence-electron chi connectivity index (χ1n) is 8.58. The van der Waals surface area contributed by atoms with Crippen molar-refractivity contribution in [1.29, 1.82) is 0 Å². The molecule has 7 nitrogen and oxygen atoms in total. The minimum atomic E-state index is 0. The molecule has 27 heavy (non-hydrogen) atoms. The summed E-state index contributed by atoms with van der Waals surface area (Å²) in [6.07, 6.45) is 0.791. The summed E-state index contributed by atoms with van der Waals surface area (Å²) in [5.41, 5.74) is 3.16. The van der Waals surface area contributed by atoms with Gasteiger partial charge in [-0.05, 0) is 29.8 Å². The number of aromatic amines is 1. The summed E-state index contributed by atoms with van der Waals surface area (Å²) in [5.74, 6) is 3.29. The number of ether oxygens (including phenoxy) is 2. The molecule has 1 aliphatic heterocycles. The fourth-order valence-corrected chi connectivity index (χ4v) is 2.88. The molecule has 0 amide bonds. The number of guanidine groups is 1. The molecule has 0 saturated heterocycles. The van der Waals surface area contributed by atoms with Crippen LogP contribution in [0.3, 0.4) is 0 Å². The zero-order valence-electron chi connectivity index (χ0n) is 15.0. The van der Waals surface area contributed by atoms with E-state index in [1.54, 1.807) is 7.05 Å². The third-order valence-electron chi connectivity index (χ3n) is 4.21. The van der Waals surface area contributed by atoms with Crippen LogP contribution in [0, 0.1) is 0 Å². The van der Waals surface area contributed by atoms with Crippen molar-refractivity contribution in [2.75, 3.05) is 20.4 Å². The Morgan fingerprint density at radius 1 is 1.15 bits per heavy atom. The van der Waals surface area contributed by atoms with Gasteiger partial charge in [-0.25, -0.2) is 4.98 Å². The van der Waals surface area contributed by atoms with Crippen molar-refractivity contribution < 1.29 is 9.47 Å². The van der Waals surface area contributed by atoms with Gasteiger partial charge in [0.25, 0.3) is 0 Å². The molecule has 0 fully saturated rings. The molecular formula is C19H22IN5O2. The number of aliphatic imine (C=N–C) groups is 1. The number of aromatic nitrogens is 2. The molecule has 0 aliphatic carbocycles. The first-order valence-corrected chi connectivity index (χ1v) is 8.58. The molecule has 0 saturated carbocycles. The van der Waals surface area contributed by atoms with E-state index in [0.29, 0.717) is 6.54 Å². The van der Waals surface area contributed by atoms with E-state index in [0.717, 1.165) is 52.8 Å². The normalized spacial score (nSPS) is 12.7. The largest absolute Gasteiger partial charge is 0.454 e. The number of nitrogens with one attached hydrogen (secondary N) is 3. The molecule has 2 aromatic carbocycles. The smallest absolute Gasteiger partial charge is 0.231 e. The summed E-state index contributed by atoms with van der Waals surface area (Å²) in [4.78, 5) is 12.2. The van der Waals surface area contributed by atoms with Crippen molar-refractivity contribution in [3.8, 4) is 11.5 Å². The lowest BCUT2D eigenvalue weighted by Gasteiger charge is -2.11. The fourth-order valence-electron chi connectivity index (χ4n) is 2.88. The van der Waals surface area contributed by atoms with E-state index in [-0.39, 0.29) is 30.8 Å². The first-order chi connectivity index (χ1) is 12.8. The minimum Gasteiger partial charge on any atom is -0.454 e. The van der Waals surface area contributed by atoms with Crippen molar-refractivity contribution in [2.45, 2.75) is 13.0 Å². The van der Waals surface area contributed by atoms with Gasteiger partial charge in [-0.15, -0.1) is 24.0 Å². The number of halogens is 1. The van der Waals surface area contributed by atoms with Crippen molar-refractivity contribution in [2.24, 2.45) is 4.99 Å². The molecule has 8 heteroatoms. The Hall–Kier alpha value is -2.49. The van der Waals surface area contributed by atoms with E-state index >= 15 is 0 Å². The van der Waals surface area contributed by atoms with Gasteiger partial charge >= 0.3 is 0 Å². The van der Waals surface area contributed by atoms with Crippen molar-refractivity contribution >= 4 is 41.0 Å². The van der Waals surface area contributed by atoms with Gasteiger partial charge in [0.2, 0.25) is 6.79 Å². The van der Waals surface area contributed by atoms with E-state index in [2.05, 4.69) is 25.6 Å². The number of imidazole rings is 1. The maximum absolute atomic E-state index is 5.40. The lowest BCUT2D eigenvalue weighted by molar-refractivity contribution is 0.174. The number of benzene rings is 2. The van der Waals surface area contributed by atoms with E-state index < -0.39 is 0 Å². The molecule has 2 heterocycles.